The quantitative estimate of drug-likeness (QED) is 0.551. The molecule has 1 aliphatic rings. The monoisotopic (exact) mass is 404 g/mol. The number of para-hydroxylation sites is 2. The highest BCUT2D eigenvalue weighted by molar-refractivity contribution is 6.10. The van der Waals surface area contributed by atoms with Crippen molar-refractivity contribution < 1.29 is 24.3 Å². The molecule has 0 aromatic heterocycles. The van der Waals surface area contributed by atoms with Crippen molar-refractivity contribution in [2.24, 2.45) is 11.8 Å². The SMILES string of the molecule is CC(C)C[C@H](NC(=O)N1CC(=O)Nc2ccccc21)C(=O)N[C@@H](C(=O)O)C(C)C. The Hall–Kier alpha value is -3.10. The van der Waals surface area contributed by atoms with Gasteiger partial charge in [0.1, 0.15) is 18.6 Å². The standard InChI is InChI=1S/C20H28N4O5/c1-11(2)9-14(18(26)23-17(12(3)4)19(27)28)22-20(29)24-10-16(25)21-13-7-5-6-8-15(13)24/h5-8,11-12,14,17H,9-10H2,1-4H3,(H,21,25)(H,22,29)(H,23,26)(H,27,28)/t14-,17+/m0/s1. The molecule has 9 heteroatoms. The molecule has 158 valence electrons. The van der Waals surface area contributed by atoms with Gasteiger partial charge in [0.15, 0.2) is 0 Å². The van der Waals surface area contributed by atoms with E-state index in [1.165, 1.54) is 4.90 Å². The van der Waals surface area contributed by atoms with E-state index in [2.05, 4.69) is 16.0 Å². The first-order valence-corrected chi connectivity index (χ1v) is 9.60. The first-order valence-electron chi connectivity index (χ1n) is 9.60. The molecule has 4 N–H and O–H groups in total. The number of rotatable bonds is 7. The van der Waals surface area contributed by atoms with Gasteiger partial charge in [-0.2, -0.15) is 0 Å². The Bertz CT molecular complexity index is 793. The molecule has 1 heterocycles. The predicted octanol–water partition coefficient (Wildman–Crippen LogP) is 1.79. The summed E-state index contributed by atoms with van der Waals surface area (Å²) in [5, 5.41) is 17.2. The van der Waals surface area contributed by atoms with E-state index in [0.29, 0.717) is 17.8 Å². The molecule has 9 nitrogen and oxygen atoms in total. The highest BCUT2D eigenvalue weighted by Gasteiger charge is 2.32. The maximum atomic E-state index is 12.9. The Morgan fingerprint density at radius 2 is 1.79 bits per heavy atom. The van der Waals surface area contributed by atoms with Crippen LogP contribution in [-0.4, -0.2) is 47.5 Å². The molecule has 0 saturated carbocycles. The smallest absolute Gasteiger partial charge is 0.326 e. The van der Waals surface area contributed by atoms with Crippen LogP contribution in [0.15, 0.2) is 24.3 Å². The van der Waals surface area contributed by atoms with Crippen molar-refractivity contribution in [1.29, 1.82) is 0 Å². The molecule has 0 unspecified atom stereocenters. The van der Waals surface area contributed by atoms with Crippen molar-refractivity contribution in [3.05, 3.63) is 24.3 Å². The fourth-order valence-electron chi connectivity index (χ4n) is 3.11. The number of nitrogens with one attached hydrogen (secondary N) is 3. The molecule has 0 radical (unpaired) electrons. The third kappa shape index (κ3) is 5.69. The maximum absolute atomic E-state index is 12.9. The summed E-state index contributed by atoms with van der Waals surface area (Å²) in [5.41, 5.74) is 1.04. The van der Waals surface area contributed by atoms with Crippen molar-refractivity contribution in [2.75, 3.05) is 16.8 Å². The van der Waals surface area contributed by atoms with Crippen LogP contribution in [0.5, 0.6) is 0 Å². The first kappa shape index (κ1) is 22.2. The minimum Gasteiger partial charge on any atom is -0.480 e. The molecule has 4 amide bonds. The summed E-state index contributed by atoms with van der Waals surface area (Å²) in [6, 6.07) is 4.29. The molecule has 0 bridgehead atoms. The van der Waals surface area contributed by atoms with Gasteiger partial charge >= 0.3 is 12.0 Å². The normalized spacial score (nSPS) is 15.4. The summed E-state index contributed by atoms with van der Waals surface area (Å²) < 4.78 is 0. The van der Waals surface area contributed by atoms with E-state index in [4.69, 9.17) is 0 Å². The highest BCUT2D eigenvalue weighted by atomic mass is 16.4. The zero-order valence-electron chi connectivity index (χ0n) is 17.1. The van der Waals surface area contributed by atoms with Crippen LogP contribution in [0.4, 0.5) is 16.2 Å². The molecular weight excluding hydrogens is 376 g/mol. The van der Waals surface area contributed by atoms with Crippen LogP contribution in [0.25, 0.3) is 0 Å². The third-order valence-corrected chi connectivity index (χ3v) is 4.57. The number of nitrogens with zero attached hydrogens (tertiary/aromatic N) is 1. The van der Waals surface area contributed by atoms with Crippen molar-refractivity contribution in [1.82, 2.24) is 10.6 Å². The van der Waals surface area contributed by atoms with Gasteiger partial charge in [0, 0.05) is 0 Å². The molecule has 2 rings (SSSR count). The van der Waals surface area contributed by atoms with Crippen LogP contribution < -0.4 is 20.9 Å². The van der Waals surface area contributed by atoms with Gasteiger partial charge in [-0.1, -0.05) is 39.8 Å². The number of anilines is 2. The Kier molecular flexibility index (Phi) is 7.19. The molecule has 0 saturated heterocycles. The summed E-state index contributed by atoms with van der Waals surface area (Å²) in [5.74, 6) is -2.28. The molecule has 1 aromatic carbocycles. The molecule has 1 aromatic rings. The lowest BCUT2D eigenvalue weighted by atomic mass is 10.0. The molecular formula is C20H28N4O5. The molecule has 2 atom stereocenters. The van der Waals surface area contributed by atoms with Crippen LogP contribution in [0.1, 0.15) is 34.1 Å². The van der Waals surface area contributed by atoms with Crippen LogP contribution in [-0.2, 0) is 14.4 Å². The lowest BCUT2D eigenvalue weighted by Crippen LogP contribution is -2.56. The number of amides is 4. The Morgan fingerprint density at radius 3 is 2.38 bits per heavy atom. The summed E-state index contributed by atoms with van der Waals surface area (Å²) in [7, 11) is 0. The van der Waals surface area contributed by atoms with Crippen molar-refractivity contribution in [2.45, 2.75) is 46.2 Å². The predicted molar refractivity (Wildman–Crippen MR) is 109 cm³/mol. The van der Waals surface area contributed by atoms with Crippen molar-refractivity contribution in [3.63, 3.8) is 0 Å². The molecule has 0 fully saturated rings. The third-order valence-electron chi connectivity index (χ3n) is 4.57. The zero-order valence-corrected chi connectivity index (χ0v) is 17.1. The summed E-state index contributed by atoms with van der Waals surface area (Å²) in [6.45, 7) is 7.00. The highest BCUT2D eigenvalue weighted by Crippen LogP contribution is 2.28. The Morgan fingerprint density at radius 1 is 1.14 bits per heavy atom. The van der Waals surface area contributed by atoms with Crippen molar-refractivity contribution in [3.8, 4) is 0 Å². The second-order valence-corrected chi connectivity index (χ2v) is 7.85. The van der Waals surface area contributed by atoms with Crippen LogP contribution in [0.3, 0.4) is 0 Å². The Labute approximate surface area is 169 Å². The summed E-state index contributed by atoms with van der Waals surface area (Å²) in [4.78, 5) is 50.3. The van der Waals surface area contributed by atoms with Gasteiger partial charge in [-0.3, -0.25) is 14.5 Å². The molecule has 0 spiro atoms. The number of carboxylic acids is 1. The number of fused-ring (bicyclic) bond motifs is 1. The number of aliphatic carboxylic acids is 1. The van der Waals surface area contributed by atoms with Gasteiger partial charge in [0.2, 0.25) is 11.8 Å². The fourth-order valence-corrected chi connectivity index (χ4v) is 3.11. The minimum absolute atomic E-state index is 0.0744. The van der Waals surface area contributed by atoms with Gasteiger partial charge < -0.3 is 21.1 Å². The largest absolute Gasteiger partial charge is 0.480 e. The number of benzene rings is 1. The number of carboxylic acid groups (broad SMARTS) is 1. The number of urea groups is 1. The van der Waals surface area contributed by atoms with E-state index in [1.807, 2.05) is 13.8 Å². The second-order valence-electron chi connectivity index (χ2n) is 7.85. The zero-order chi connectivity index (χ0) is 21.7. The van der Waals surface area contributed by atoms with E-state index in [-0.39, 0.29) is 24.3 Å². The first-order chi connectivity index (χ1) is 13.6. The summed E-state index contributed by atoms with van der Waals surface area (Å²) >= 11 is 0. The number of hydrogen-bond donors (Lipinski definition) is 4. The summed E-state index contributed by atoms with van der Waals surface area (Å²) in [6.07, 6.45) is 0.323. The van der Waals surface area contributed by atoms with Crippen molar-refractivity contribution >= 4 is 35.2 Å². The van der Waals surface area contributed by atoms with E-state index >= 15 is 0 Å². The average molecular weight is 404 g/mol. The second kappa shape index (κ2) is 9.40. The van der Waals surface area contributed by atoms with E-state index in [1.54, 1.807) is 38.1 Å². The van der Waals surface area contributed by atoms with E-state index in [0.717, 1.165) is 0 Å². The van der Waals surface area contributed by atoms with Crippen LogP contribution >= 0.6 is 0 Å². The van der Waals surface area contributed by atoms with E-state index < -0.39 is 30.0 Å². The van der Waals surface area contributed by atoms with Crippen LogP contribution in [0.2, 0.25) is 0 Å². The molecule has 29 heavy (non-hydrogen) atoms. The number of carbonyl (C=O) groups is 4. The molecule has 1 aliphatic heterocycles. The van der Waals surface area contributed by atoms with Gasteiger partial charge in [0.05, 0.1) is 11.4 Å². The lowest BCUT2D eigenvalue weighted by Gasteiger charge is -2.31. The van der Waals surface area contributed by atoms with Gasteiger partial charge in [-0.05, 0) is 30.4 Å². The van der Waals surface area contributed by atoms with Gasteiger partial charge in [-0.25, -0.2) is 9.59 Å². The maximum Gasteiger partial charge on any atom is 0.326 e. The number of carbonyl (C=O) groups excluding carboxylic acids is 3. The topological polar surface area (TPSA) is 128 Å². The minimum atomic E-state index is -1.13. The molecule has 0 aliphatic carbocycles. The number of hydrogen-bond acceptors (Lipinski definition) is 4. The average Bonchev–Trinajstić information content (AvgIpc) is 2.63. The van der Waals surface area contributed by atoms with Gasteiger partial charge in [-0.15, -0.1) is 0 Å². The lowest BCUT2D eigenvalue weighted by molar-refractivity contribution is -0.143. The van der Waals surface area contributed by atoms with E-state index in [9.17, 15) is 24.3 Å². The Balaban J connectivity index is 2.19. The van der Waals surface area contributed by atoms with Crippen LogP contribution in [0, 0.1) is 11.8 Å². The van der Waals surface area contributed by atoms with Gasteiger partial charge in [0.25, 0.3) is 0 Å². The fraction of sp³-hybridized carbons (Fsp3) is 0.500.